The van der Waals surface area contributed by atoms with Gasteiger partial charge in [0.25, 0.3) is 0 Å². The highest BCUT2D eigenvalue weighted by Gasteiger charge is 2.10. The molecule has 3 N–H and O–H groups in total. The predicted octanol–water partition coefficient (Wildman–Crippen LogP) is 3.93. The maximum atomic E-state index is 13.0. The monoisotopic (exact) mass is 352 g/mol. The topological polar surface area (TPSA) is 78.4 Å². The van der Waals surface area contributed by atoms with E-state index in [0.717, 1.165) is 0 Å². The van der Waals surface area contributed by atoms with Gasteiger partial charge in [0, 0.05) is 10.2 Å². The van der Waals surface area contributed by atoms with Gasteiger partial charge in [-0.1, -0.05) is 6.07 Å². The Morgan fingerprint density at radius 2 is 1.86 bits per heavy atom. The normalized spacial score (nSPS) is 10.0. The third-order valence-corrected chi connectivity index (χ3v) is 3.24. The quantitative estimate of drug-likeness (QED) is 0.782. The highest BCUT2D eigenvalue weighted by Crippen LogP contribution is 2.24. The Kier molecular flexibility index (Phi) is 4.54. The molecule has 0 heterocycles. The van der Waals surface area contributed by atoms with Crippen molar-refractivity contribution in [3.63, 3.8) is 0 Å². The van der Waals surface area contributed by atoms with E-state index in [1.165, 1.54) is 42.5 Å². The number of amides is 2. The summed E-state index contributed by atoms with van der Waals surface area (Å²) in [5, 5.41) is 13.9. The molecule has 0 spiro atoms. The van der Waals surface area contributed by atoms with Crippen molar-refractivity contribution < 1.29 is 19.1 Å². The molecule has 7 heteroatoms. The second kappa shape index (κ2) is 6.36. The molecule has 0 atom stereocenters. The minimum absolute atomic E-state index is 0.0410. The molecular formula is C14H10BrFN2O3. The van der Waals surface area contributed by atoms with Crippen LogP contribution in [0, 0.1) is 5.82 Å². The lowest BCUT2D eigenvalue weighted by Crippen LogP contribution is -2.20. The average molecular weight is 353 g/mol. The molecule has 2 rings (SSSR count). The molecule has 0 aromatic heterocycles. The van der Waals surface area contributed by atoms with Crippen molar-refractivity contribution in [2.45, 2.75) is 0 Å². The van der Waals surface area contributed by atoms with E-state index in [1.807, 2.05) is 0 Å². The molecule has 0 radical (unpaired) electrons. The molecule has 0 aliphatic carbocycles. The number of carboxylic acids is 1. The molecular weight excluding hydrogens is 343 g/mol. The van der Waals surface area contributed by atoms with Crippen LogP contribution in [0.25, 0.3) is 0 Å². The van der Waals surface area contributed by atoms with Gasteiger partial charge in [0.2, 0.25) is 0 Å². The molecule has 108 valence electrons. The average Bonchev–Trinajstić information content (AvgIpc) is 2.41. The number of hydrogen-bond acceptors (Lipinski definition) is 2. The van der Waals surface area contributed by atoms with Gasteiger partial charge in [-0.15, -0.1) is 0 Å². The van der Waals surface area contributed by atoms with Crippen molar-refractivity contribution in [2.75, 3.05) is 10.6 Å². The van der Waals surface area contributed by atoms with E-state index < -0.39 is 17.8 Å². The van der Waals surface area contributed by atoms with Crippen LogP contribution in [0.4, 0.5) is 20.6 Å². The lowest BCUT2D eigenvalue weighted by molar-refractivity contribution is 0.0697. The highest BCUT2D eigenvalue weighted by atomic mass is 79.9. The predicted molar refractivity (Wildman–Crippen MR) is 80.1 cm³/mol. The number of hydrogen-bond donors (Lipinski definition) is 3. The van der Waals surface area contributed by atoms with Gasteiger partial charge >= 0.3 is 12.0 Å². The van der Waals surface area contributed by atoms with Crippen LogP contribution in [-0.2, 0) is 0 Å². The number of carboxylic acid groups (broad SMARTS) is 1. The Labute approximate surface area is 127 Å². The van der Waals surface area contributed by atoms with E-state index in [4.69, 9.17) is 5.11 Å². The number of aromatic carboxylic acids is 1. The minimum Gasteiger partial charge on any atom is -0.478 e. The molecule has 0 aliphatic heterocycles. The Morgan fingerprint density at radius 3 is 2.52 bits per heavy atom. The summed E-state index contributed by atoms with van der Waals surface area (Å²) < 4.78 is 13.5. The molecule has 0 saturated carbocycles. The summed E-state index contributed by atoms with van der Waals surface area (Å²) in [4.78, 5) is 22.7. The molecule has 21 heavy (non-hydrogen) atoms. The first-order valence-electron chi connectivity index (χ1n) is 5.82. The van der Waals surface area contributed by atoms with Crippen LogP contribution in [0.3, 0.4) is 0 Å². The maximum absolute atomic E-state index is 13.0. The molecule has 0 bridgehead atoms. The Balaban J connectivity index is 2.12. The smallest absolute Gasteiger partial charge is 0.335 e. The number of carbonyl (C=O) groups excluding carboxylic acids is 1. The molecule has 2 aromatic carbocycles. The fraction of sp³-hybridized carbons (Fsp3) is 0. The van der Waals surface area contributed by atoms with Crippen LogP contribution in [0.15, 0.2) is 46.9 Å². The summed E-state index contributed by atoms with van der Waals surface area (Å²) in [6.07, 6.45) is 0. The van der Waals surface area contributed by atoms with Crippen molar-refractivity contribution in [3.8, 4) is 0 Å². The van der Waals surface area contributed by atoms with Gasteiger partial charge in [-0.3, -0.25) is 0 Å². The van der Waals surface area contributed by atoms with E-state index in [1.54, 1.807) is 0 Å². The first-order chi connectivity index (χ1) is 9.95. The van der Waals surface area contributed by atoms with E-state index >= 15 is 0 Å². The minimum atomic E-state index is -1.10. The summed E-state index contributed by atoms with van der Waals surface area (Å²) >= 11 is 3.21. The molecule has 0 saturated heterocycles. The molecule has 0 aliphatic rings. The first-order valence-corrected chi connectivity index (χ1v) is 6.61. The van der Waals surface area contributed by atoms with Crippen molar-refractivity contribution >= 4 is 39.3 Å². The number of halogens is 2. The van der Waals surface area contributed by atoms with E-state index in [0.29, 0.717) is 10.2 Å². The van der Waals surface area contributed by atoms with Gasteiger partial charge in [0.05, 0.1) is 11.3 Å². The van der Waals surface area contributed by atoms with Gasteiger partial charge in [0.15, 0.2) is 0 Å². The summed E-state index contributed by atoms with van der Waals surface area (Å²) in [7, 11) is 0. The van der Waals surface area contributed by atoms with Crippen LogP contribution in [-0.4, -0.2) is 17.1 Å². The van der Waals surface area contributed by atoms with E-state index in [9.17, 15) is 14.0 Å². The van der Waals surface area contributed by atoms with Gasteiger partial charge < -0.3 is 15.7 Å². The lowest BCUT2D eigenvalue weighted by Gasteiger charge is -2.10. The number of benzene rings is 2. The standard InChI is InChI=1S/C14H10BrFN2O3/c15-11-5-4-8(13(19)20)6-12(11)18-14(21)17-10-3-1-2-9(16)7-10/h1-7H,(H,19,20)(H2,17,18,21). The zero-order valence-corrected chi connectivity index (χ0v) is 12.1. The van der Waals surface area contributed by atoms with Crippen molar-refractivity contribution in [3.05, 3.63) is 58.3 Å². The van der Waals surface area contributed by atoms with Gasteiger partial charge in [-0.05, 0) is 52.3 Å². The van der Waals surface area contributed by atoms with Gasteiger partial charge in [-0.2, -0.15) is 0 Å². The second-order valence-electron chi connectivity index (χ2n) is 4.09. The van der Waals surface area contributed by atoms with E-state index in [2.05, 4.69) is 26.6 Å². The van der Waals surface area contributed by atoms with Crippen LogP contribution < -0.4 is 10.6 Å². The van der Waals surface area contributed by atoms with Gasteiger partial charge in [-0.25, -0.2) is 14.0 Å². The third-order valence-electron chi connectivity index (χ3n) is 2.54. The largest absolute Gasteiger partial charge is 0.478 e. The zero-order valence-electron chi connectivity index (χ0n) is 10.6. The van der Waals surface area contributed by atoms with Crippen molar-refractivity contribution in [2.24, 2.45) is 0 Å². The van der Waals surface area contributed by atoms with Crippen LogP contribution in [0.1, 0.15) is 10.4 Å². The molecule has 5 nitrogen and oxygen atoms in total. The Hall–Kier alpha value is -2.41. The summed E-state index contributed by atoms with van der Waals surface area (Å²) in [6.45, 7) is 0. The fourth-order valence-electron chi connectivity index (χ4n) is 1.60. The van der Waals surface area contributed by atoms with Crippen LogP contribution in [0.2, 0.25) is 0 Å². The molecule has 2 aromatic rings. The number of rotatable bonds is 3. The van der Waals surface area contributed by atoms with Crippen molar-refractivity contribution in [1.82, 2.24) is 0 Å². The fourth-order valence-corrected chi connectivity index (χ4v) is 1.95. The van der Waals surface area contributed by atoms with E-state index in [-0.39, 0.29) is 11.3 Å². The summed E-state index contributed by atoms with van der Waals surface area (Å²) in [6, 6.07) is 9.06. The van der Waals surface area contributed by atoms with Gasteiger partial charge in [0.1, 0.15) is 5.82 Å². The zero-order chi connectivity index (χ0) is 15.4. The first kappa shape index (κ1) is 15.0. The number of urea groups is 1. The summed E-state index contributed by atoms with van der Waals surface area (Å²) in [5.74, 6) is -1.57. The van der Waals surface area contributed by atoms with Crippen LogP contribution >= 0.6 is 15.9 Å². The summed E-state index contributed by atoms with van der Waals surface area (Å²) in [5.41, 5.74) is 0.626. The number of nitrogens with one attached hydrogen (secondary N) is 2. The number of anilines is 2. The Bertz CT molecular complexity index is 706. The highest BCUT2D eigenvalue weighted by molar-refractivity contribution is 9.10. The lowest BCUT2D eigenvalue weighted by atomic mass is 10.2. The maximum Gasteiger partial charge on any atom is 0.335 e. The molecule has 0 unspecified atom stereocenters. The number of carbonyl (C=O) groups is 2. The van der Waals surface area contributed by atoms with Crippen LogP contribution in [0.5, 0.6) is 0 Å². The Morgan fingerprint density at radius 1 is 1.10 bits per heavy atom. The SMILES string of the molecule is O=C(Nc1cccc(F)c1)Nc1cc(C(=O)O)ccc1Br. The van der Waals surface area contributed by atoms with Crippen molar-refractivity contribution in [1.29, 1.82) is 0 Å². The molecule has 2 amide bonds. The third kappa shape index (κ3) is 4.03. The second-order valence-corrected chi connectivity index (χ2v) is 4.94. The molecule has 0 fully saturated rings.